The molecular weight excluding hydrogens is 420 g/mol. The van der Waals surface area contributed by atoms with Gasteiger partial charge in [-0.3, -0.25) is 9.00 Å². The summed E-state index contributed by atoms with van der Waals surface area (Å²) in [6.45, 7) is 2.89. The van der Waals surface area contributed by atoms with E-state index in [1.807, 2.05) is 4.57 Å². The maximum Gasteiger partial charge on any atom is 0.337 e. The number of rotatable bonds is 10. The number of nitrogens with one attached hydrogen (secondary N) is 1. The number of amides is 1. The first-order chi connectivity index (χ1) is 15.0. The molecule has 2 aromatic rings. The normalized spacial score (nSPS) is 14.8. The molecule has 1 atom stereocenters. The molecule has 0 fully saturated rings. The lowest BCUT2D eigenvalue weighted by molar-refractivity contribution is -0.136. The molecule has 1 amide bonds. The van der Waals surface area contributed by atoms with E-state index in [1.165, 1.54) is 12.0 Å². The zero-order valence-electron chi connectivity index (χ0n) is 17.5. The number of aliphatic hydroxyl groups excluding tert-OH is 1. The van der Waals surface area contributed by atoms with Crippen molar-refractivity contribution in [3.63, 3.8) is 0 Å². The first-order valence-corrected chi connectivity index (χ1v) is 11.3. The molecule has 10 heteroatoms. The van der Waals surface area contributed by atoms with Gasteiger partial charge >= 0.3 is 5.97 Å². The van der Waals surface area contributed by atoms with Gasteiger partial charge in [-0.25, -0.2) is 9.78 Å². The third-order valence-electron chi connectivity index (χ3n) is 4.88. The summed E-state index contributed by atoms with van der Waals surface area (Å²) in [5, 5.41) is 12.1. The monoisotopic (exact) mass is 446 g/mol. The van der Waals surface area contributed by atoms with Crippen LogP contribution in [0.4, 0.5) is 5.69 Å². The molecular formula is C21H26N4O5S. The summed E-state index contributed by atoms with van der Waals surface area (Å²) < 4.78 is 19.5. The Hall–Kier alpha value is -2.98. The Bertz CT molecular complexity index is 999. The molecule has 0 aliphatic carbocycles. The van der Waals surface area contributed by atoms with Gasteiger partial charge in [-0.15, -0.1) is 0 Å². The second kappa shape index (κ2) is 10.4. The van der Waals surface area contributed by atoms with Crippen molar-refractivity contribution in [2.75, 3.05) is 32.1 Å². The molecule has 166 valence electrons. The lowest BCUT2D eigenvalue weighted by Gasteiger charge is -2.15. The fraction of sp³-hybridized carbons (Fsp3) is 0.381. The number of aliphatic hydroxyl groups is 1. The highest BCUT2D eigenvalue weighted by Gasteiger charge is 2.34. The number of ether oxygens (including phenoxy) is 1. The maximum absolute atomic E-state index is 12.8. The molecule has 2 heterocycles. The zero-order chi connectivity index (χ0) is 22.4. The fourth-order valence-electron chi connectivity index (χ4n) is 3.31. The maximum atomic E-state index is 12.8. The molecule has 31 heavy (non-hydrogen) atoms. The predicted octanol–water partition coefficient (Wildman–Crippen LogP) is 1.27. The van der Waals surface area contributed by atoms with Gasteiger partial charge < -0.3 is 24.6 Å². The Kier molecular flexibility index (Phi) is 7.59. The first kappa shape index (κ1) is 22.7. The quantitative estimate of drug-likeness (QED) is 0.529. The number of hydrogen-bond acceptors (Lipinski definition) is 7. The molecule has 0 spiro atoms. The molecule has 0 radical (unpaired) electrons. The van der Waals surface area contributed by atoms with E-state index in [0.717, 1.165) is 18.7 Å². The number of imidazole rings is 1. The number of aryl methyl sites for hydroxylation is 1. The summed E-state index contributed by atoms with van der Waals surface area (Å²) in [5.41, 5.74) is 1.82. The number of carbonyl (C=O) groups is 2. The van der Waals surface area contributed by atoms with Crippen molar-refractivity contribution in [2.24, 2.45) is 0 Å². The van der Waals surface area contributed by atoms with Gasteiger partial charge in [0.15, 0.2) is 0 Å². The van der Waals surface area contributed by atoms with Crippen LogP contribution in [-0.4, -0.2) is 62.4 Å². The van der Waals surface area contributed by atoms with Crippen LogP contribution in [0.2, 0.25) is 0 Å². The van der Waals surface area contributed by atoms with Crippen LogP contribution in [-0.2, 0) is 37.4 Å². The summed E-state index contributed by atoms with van der Waals surface area (Å²) in [5.74, 6) is -0.622. The number of benzene rings is 1. The molecule has 9 nitrogen and oxygen atoms in total. The third kappa shape index (κ3) is 5.20. The van der Waals surface area contributed by atoms with Crippen molar-refractivity contribution in [1.82, 2.24) is 14.5 Å². The van der Waals surface area contributed by atoms with Crippen LogP contribution in [0.1, 0.15) is 19.0 Å². The molecule has 0 bridgehead atoms. The van der Waals surface area contributed by atoms with E-state index in [-0.39, 0.29) is 36.9 Å². The number of hydrogen-bond donors (Lipinski definition) is 2. The lowest BCUT2D eigenvalue weighted by atomic mass is 10.2. The Labute approximate surface area is 183 Å². The average Bonchev–Trinajstić information content (AvgIpc) is 3.33. The highest BCUT2D eigenvalue weighted by atomic mass is 32.2. The van der Waals surface area contributed by atoms with Gasteiger partial charge in [0.1, 0.15) is 5.70 Å². The zero-order valence-corrected chi connectivity index (χ0v) is 18.4. The van der Waals surface area contributed by atoms with E-state index >= 15 is 0 Å². The van der Waals surface area contributed by atoms with Crippen molar-refractivity contribution < 1.29 is 23.6 Å². The lowest BCUT2D eigenvalue weighted by Crippen LogP contribution is -2.31. The average molecular weight is 447 g/mol. The second-order valence-electron chi connectivity index (χ2n) is 7.01. The van der Waals surface area contributed by atoms with Gasteiger partial charge in [-0.2, -0.15) is 0 Å². The molecule has 1 aliphatic heterocycles. The molecule has 1 unspecified atom stereocenters. The van der Waals surface area contributed by atoms with Gasteiger partial charge in [-0.1, -0.05) is 6.92 Å². The van der Waals surface area contributed by atoms with E-state index in [9.17, 15) is 13.8 Å². The number of methoxy groups -OCH3 is 1. The van der Waals surface area contributed by atoms with Crippen LogP contribution in [0.5, 0.6) is 0 Å². The van der Waals surface area contributed by atoms with E-state index in [1.54, 1.807) is 36.8 Å². The summed E-state index contributed by atoms with van der Waals surface area (Å²) in [6, 6.07) is 6.87. The van der Waals surface area contributed by atoms with Crippen LogP contribution in [0.3, 0.4) is 0 Å². The second-order valence-corrected chi connectivity index (χ2v) is 8.46. The van der Waals surface area contributed by atoms with E-state index in [0.29, 0.717) is 16.3 Å². The highest BCUT2D eigenvalue weighted by Crippen LogP contribution is 2.24. The van der Waals surface area contributed by atoms with Gasteiger partial charge in [0.25, 0.3) is 5.91 Å². The Morgan fingerprint density at radius 3 is 2.68 bits per heavy atom. The van der Waals surface area contributed by atoms with Crippen LogP contribution >= 0.6 is 0 Å². The predicted molar refractivity (Wildman–Crippen MR) is 115 cm³/mol. The van der Waals surface area contributed by atoms with Gasteiger partial charge in [-0.05, 0) is 30.7 Å². The summed E-state index contributed by atoms with van der Waals surface area (Å²) >= 11 is 0. The number of aromatic nitrogens is 2. The Morgan fingerprint density at radius 2 is 2.03 bits per heavy atom. The standard InChI is InChI=1S/C21H26N4O5S/c1-3-8-25-14-22-11-16(25)13-31(29)17-6-4-15(5-7-17)23-19-18(21(28)30-2)12-24(9-10-26)20(19)27/h4-7,11,14,23,26H,3,8-10,12-13H2,1-2H3. The van der Waals surface area contributed by atoms with Gasteiger partial charge in [0, 0.05) is 29.9 Å². The van der Waals surface area contributed by atoms with E-state index < -0.39 is 16.8 Å². The number of carbonyl (C=O) groups excluding carboxylic acids is 2. The SMILES string of the molecule is CCCn1cncc1CS(=O)c1ccc(NC2=C(C(=O)OC)CN(CCO)C2=O)cc1. The molecule has 1 aliphatic rings. The van der Waals surface area contributed by atoms with Crippen LogP contribution in [0, 0.1) is 0 Å². The minimum Gasteiger partial charge on any atom is -0.466 e. The molecule has 0 saturated carbocycles. The van der Waals surface area contributed by atoms with Crippen LogP contribution < -0.4 is 5.32 Å². The highest BCUT2D eigenvalue weighted by molar-refractivity contribution is 7.84. The molecule has 3 rings (SSSR count). The summed E-state index contributed by atoms with van der Waals surface area (Å²) in [7, 11) is 0.00500. The van der Waals surface area contributed by atoms with Gasteiger partial charge in [0.05, 0.1) is 54.4 Å². The minimum atomic E-state index is -1.25. The fourth-order valence-corrected chi connectivity index (χ4v) is 4.43. The smallest absolute Gasteiger partial charge is 0.337 e. The van der Waals surface area contributed by atoms with E-state index in [2.05, 4.69) is 17.2 Å². The topological polar surface area (TPSA) is 114 Å². The van der Waals surface area contributed by atoms with E-state index in [4.69, 9.17) is 9.84 Å². The number of anilines is 1. The van der Waals surface area contributed by atoms with Gasteiger partial charge in [0.2, 0.25) is 0 Å². The summed E-state index contributed by atoms with van der Waals surface area (Å²) in [6.07, 6.45) is 4.44. The van der Waals surface area contributed by atoms with Crippen LogP contribution in [0.25, 0.3) is 0 Å². The third-order valence-corrected chi connectivity index (χ3v) is 6.24. The number of nitrogens with zero attached hydrogens (tertiary/aromatic N) is 3. The number of esters is 1. The van der Waals surface area contributed by atoms with Crippen molar-refractivity contribution in [3.8, 4) is 0 Å². The molecule has 1 aromatic heterocycles. The summed E-state index contributed by atoms with van der Waals surface area (Å²) in [4.78, 5) is 30.8. The number of β-amino-alcohol motifs (C(OH)–C–C–N with tert-alkyl or cyclic N) is 1. The first-order valence-electron chi connectivity index (χ1n) is 9.94. The van der Waals surface area contributed by atoms with Crippen molar-refractivity contribution in [1.29, 1.82) is 0 Å². The largest absolute Gasteiger partial charge is 0.466 e. The Morgan fingerprint density at radius 1 is 1.29 bits per heavy atom. The van der Waals surface area contributed by atoms with Crippen molar-refractivity contribution >= 4 is 28.4 Å². The Balaban J connectivity index is 1.73. The van der Waals surface area contributed by atoms with Crippen molar-refractivity contribution in [3.05, 3.63) is 53.8 Å². The molecule has 2 N–H and O–H groups in total. The molecule has 1 aromatic carbocycles. The van der Waals surface area contributed by atoms with Crippen molar-refractivity contribution in [2.45, 2.75) is 30.5 Å². The molecule has 0 saturated heterocycles. The minimum absolute atomic E-state index is 0.0714. The van der Waals surface area contributed by atoms with Crippen LogP contribution in [0.15, 0.2) is 53.0 Å².